The highest BCUT2D eigenvalue weighted by atomic mass is 16.5. The fraction of sp³-hybridized carbons (Fsp3) is 0.455. The van der Waals surface area contributed by atoms with E-state index in [1.165, 1.54) is 0 Å². The van der Waals surface area contributed by atoms with Gasteiger partial charge < -0.3 is 14.6 Å². The second-order valence-electron chi connectivity index (χ2n) is 4.01. The molecule has 1 fully saturated rings. The zero-order valence-electron chi connectivity index (χ0n) is 9.96. The summed E-state index contributed by atoms with van der Waals surface area (Å²) >= 11 is 0. The molecule has 0 radical (unpaired) electrons. The molecule has 1 N–H and O–H groups in total. The van der Waals surface area contributed by atoms with Gasteiger partial charge in [0.2, 0.25) is 5.82 Å². The Kier molecular flexibility index (Phi) is 2.99. The third-order valence-electron chi connectivity index (χ3n) is 2.65. The Hall–Kier alpha value is -1.86. The maximum Gasteiger partial charge on any atom is 0.257 e. The summed E-state index contributed by atoms with van der Waals surface area (Å²) in [7, 11) is 0. The Morgan fingerprint density at radius 1 is 1.39 bits per heavy atom. The van der Waals surface area contributed by atoms with Crippen molar-refractivity contribution in [3.63, 3.8) is 0 Å². The molecule has 1 aliphatic rings. The summed E-state index contributed by atoms with van der Waals surface area (Å²) in [5.74, 6) is 1.62. The Morgan fingerprint density at radius 3 is 3.11 bits per heavy atom. The monoisotopic (exact) mass is 247 g/mol. The predicted molar refractivity (Wildman–Crippen MR) is 61.6 cm³/mol. The number of aromatic nitrogens is 4. The molecule has 0 amide bonds. The Morgan fingerprint density at radius 2 is 2.33 bits per heavy atom. The number of hydrogen-bond acceptors (Lipinski definition) is 7. The maximum atomic E-state index is 5.55. The van der Waals surface area contributed by atoms with E-state index in [0.717, 1.165) is 6.54 Å². The van der Waals surface area contributed by atoms with Gasteiger partial charge in [0.05, 0.1) is 6.61 Å². The lowest BCUT2D eigenvalue weighted by atomic mass is 10.3. The summed E-state index contributed by atoms with van der Waals surface area (Å²) in [4.78, 5) is 12.6. The van der Waals surface area contributed by atoms with Crippen LogP contribution in [0.15, 0.2) is 16.8 Å². The van der Waals surface area contributed by atoms with Gasteiger partial charge in [-0.25, -0.2) is 9.97 Å². The van der Waals surface area contributed by atoms with Crippen LogP contribution in [0.25, 0.3) is 11.5 Å². The first-order valence-electron chi connectivity index (χ1n) is 5.79. The summed E-state index contributed by atoms with van der Waals surface area (Å²) in [5.41, 5.74) is 0.654. The molecule has 0 aromatic carbocycles. The molecule has 3 rings (SSSR count). The van der Waals surface area contributed by atoms with Crippen LogP contribution in [-0.4, -0.2) is 39.8 Å². The van der Waals surface area contributed by atoms with Crippen molar-refractivity contribution in [2.24, 2.45) is 0 Å². The van der Waals surface area contributed by atoms with Crippen molar-refractivity contribution in [3.8, 4) is 11.5 Å². The van der Waals surface area contributed by atoms with E-state index in [1.807, 2.05) is 6.92 Å². The summed E-state index contributed by atoms with van der Waals surface area (Å²) in [6, 6.07) is 1.75. The van der Waals surface area contributed by atoms with Gasteiger partial charge >= 0.3 is 0 Å². The summed E-state index contributed by atoms with van der Waals surface area (Å²) in [5, 5.41) is 7.13. The van der Waals surface area contributed by atoms with Crippen molar-refractivity contribution in [3.05, 3.63) is 24.0 Å². The number of rotatable bonds is 2. The van der Waals surface area contributed by atoms with Gasteiger partial charge in [0.1, 0.15) is 17.6 Å². The summed E-state index contributed by atoms with van der Waals surface area (Å²) in [6.07, 6.45) is 1.50. The van der Waals surface area contributed by atoms with Crippen molar-refractivity contribution in [2.75, 3.05) is 19.7 Å². The van der Waals surface area contributed by atoms with Crippen LogP contribution in [-0.2, 0) is 4.74 Å². The zero-order valence-corrected chi connectivity index (χ0v) is 9.96. The van der Waals surface area contributed by atoms with Gasteiger partial charge in [-0.2, -0.15) is 4.98 Å². The molecule has 2 aromatic heterocycles. The molecule has 7 heteroatoms. The standard InChI is InChI=1S/C11H13N5O2/c1-7-13-3-2-8(14-7)10-15-11(18-16-10)9-6-12-4-5-17-9/h2-3,9,12H,4-6H2,1H3. The molecule has 7 nitrogen and oxygen atoms in total. The smallest absolute Gasteiger partial charge is 0.257 e. The maximum absolute atomic E-state index is 5.55. The lowest BCUT2D eigenvalue weighted by Crippen LogP contribution is -2.33. The van der Waals surface area contributed by atoms with E-state index in [-0.39, 0.29) is 6.10 Å². The third-order valence-corrected chi connectivity index (χ3v) is 2.65. The lowest BCUT2D eigenvalue weighted by Gasteiger charge is -2.19. The Bertz CT molecular complexity index is 536. The minimum absolute atomic E-state index is 0.178. The van der Waals surface area contributed by atoms with Gasteiger partial charge in [-0.15, -0.1) is 0 Å². The van der Waals surface area contributed by atoms with Gasteiger partial charge in [0, 0.05) is 19.3 Å². The van der Waals surface area contributed by atoms with E-state index in [2.05, 4.69) is 25.4 Å². The molecule has 1 saturated heterocycles. The van der Waals surface area contributed by atoms with E-state index in [0.29, 0.717) is 36.4 Å². The van der Waals surface area contributed by atoms with Gasteiger partial charge in [-0.3, -0.25) is 0 Å². The van der Waals surface area contributed by atoms with Crippen molar-refractivity contribution in [1.82, 2.24) is 25.4 Å². The number of ether oxygens (including phenoxy) is 1. The van der Waals surface area contributed by atoms with E-state index < -0.39 is 0 Å². The zero-order chi connectivity index (χ0) is 12.4. The van der Waals surface area contributed by atoms with Crippen molar-refractivity contribution in [1.29, 1.82) is 0 Å². The topological polar surface area (TPSA) is 86.0 Å². The van der Waals surface area contributed by atoms with Crippen molar-refractivity contribution in [2.45, 2.75) is 13.0 Å². The molecule has 0 spiro atoms. The number of nitrogens with one attached hydrogen (secondary N) is 1. The first-order valence-corrected chi connectivity index (χ1v) is 5.79. The molecule has 1 atom stereocenters. The number of hydrogen-bond donors (Lipinski definition) is 1. The minimum atomic E-state index is -0.178. The van der Waals surface area contributed by atoms with Crippen LogP contribution in [0.3, 0.4) is 0 Å². The first kappa shape index (κ1) is 11.2. The molecule has 0 bridgehead atoms. The quantitative estimate of drug-likeness (QED) is 0.826. The normalized spacial score (nSPS) is 19.9. The van der Waals surface area contributed by atoms with Crippen molar-refractivity contribution < 1.29 is 9.26 Å². The van der Waals surface area contributed by atoms with Crippen LogP contribution >= 0.6 is 0 Å². The highest BCUT2D eigenvalue weighted by molar-refractivity contribution is 5.46. The summed E-state index contributed by atoms with van der Waals surface area (Å²) in [6.45, 7) is 4.00. The van der Waals surface area contributed by atoms with Crippen LogP contribution in [0.1, 0.15) is 17.8 Å². The molecule has 94 valence electrons. The van der Waals surface area contributed by atoms with Crippen LogP contribution in [0, 0.1) is 6.92 Å². The predicted octanol–water partition coefficient (Wildman–Crippen LogP) is 0.496. The van der Waals surface area contributed by atoms with E-state index in [9.17, 15) is 0 Å². The van der Waals surface area contributed by atoms with E-state index in [4.69, 9.17) is 9.26 Å². The highest BCUT2D eigenvalue weighted by Crippen LogP contribution is 2.20. The molecule has 3 heterocycles. The van der Waals surface area contributed by atoms with Gasteiger partial charge in [0.15, 0.2) is 0 Å². The second kappa shape index (κ2) is 4.79. The fourth-order valence-electron chi connectivity index (χ4n) is 1.77. The highest BCUT2D eigenvalue weighted by Gasteiger charge is 2.22. The van der Waals surface area contributed by atoms with Gasteiger partial charge in [-0.1, -0.05) is 5.16 Å². The SMILES string of the molecule is Cc1nccc(-c2noc(C3CNCCO3)n2)n1. The Labute approximate surface area is 104 Å². The van der Waals surface area contributed by atoms with Crippen LogP contribution in [0.2, 0.25) is 0 Å². The number of aryl methyl sites for hydroxylation is 1. The molecule has 1 unspecified atom stereocenters. The van der Waals surface area contributed by atoms with Crippen molar-refractivity contribution >= 4 is 0 Å². The van der Waals surface area contributed by atoms with E-state index in [1.54, 1.807) is 12.3 Å². The van der Waals surface area contributed by atoms with Crippen LogP contribution in [0.4, 0.5) is 0 Å². The average Bonchev–Trinajstić information content (AvgIpc) is 2.89. The first-order chi connectivity index (χ1) is 8.83. The molecule has 1 aliphatic heterocycles. The van der Waals surface area contributed by atoms with Crippen LogP contribution < -0.4 is 5.32 Å². The number of nitrogens with zero attached hydrogens (tertiary/aromatic N) is 4. The molecule has 0 aliphatic carbocycles. The fourth-order valence-corrected chi connectivity index (χ4v) is 1.77. The second-order valence-corrected chi connectivity index (χ2v) is 4.01. The number of morpholine rings is 1. The molecule has 18 heavy (non-hydrogen) atoms. The molecular weight excluding hydrogens is 234 g/mol. The van der Waals surface area contributed by atoms with Gasteiger partial charge in [-0.05, 0) is 13.0 Å². The summed E-state index contributed by atoms with van der Waals surface area (Å²) < 4.78 is 10.8. The molecular formula is C11H13N5O2. The minimum Gasteiger partial charge on any atom is -0.366 e. The van der Waals surface area contributed by atoms with E-state index >= 15 is 0 Å². The largest absolute Gasteiger partial charge is 0.366 e. The average molecular weight is 247 g/mol. The van der Waals surface area contributed by atoms with Gasteiger partial charge in [0.25, 0.3) is 5.89 Å². The molecule has 2 aromatic rings. The lowest BCUT2D eigenvalue weighted by molar-refractivity contribution is 0.00755. The van der Waals surface area contributed by atoms with Crippen LogP contribution in [0.5, 0.6) is 0 Å². The Balaban J connectivity index is 1.84. The third kappa shape index (κ3) is 2.22. The molecule has 0 saturated carbocycles.